The first-order valence-electron chi connectivity index (χ1n) is 10.4. The van der Waals surface area contributed by atoms with Crippen LogP contribution in [0.25, 0.3) is 15.9 Å². The number of aromatic nitrogens is 4. The first-order chi connectivity index (χ1) is 14.7. The quantitative estimate of drug-likeness (QED) is 0.530. The topological polar surface area (TPSA) is 78.2 Å². The Bertz CT molecular complexity index is 1300. The third-order valence-electron chi connectivity index (χ3n) is 5.95. The number of rotatable bonds is 4. The Morgan fingerprint density at radius 2 is 1.90 bits per heavy atom. The highest BCUT2D eigenvalue weighted by Gasteiger charge is 2.43. The van der Waals surface area contributed by atoms with Gasteiger partial charge in [-0.1, -0.05) is 6.07 Å². The molecule has 0 fully saturated rings. The van der Waals surface area contributed by atoms with Crippen LogP contribution in [0.1, 0.15) is 49.5 Å². The molecule has 0 spiro atoms. The van der Waals surface area contributed by atoms with Crippen molar-refractivity contribution in [3.05, 3.63) is 46.4 Å². The molecule has 1 aromatic carbocycles. The number of hydrogen-bond donors (Lipinski definition) is 1. The molecule has 4 aromatic rings. The lowest BCUT2D eigenvalue weighted by Gasteiger charge is -2.38. The van der Waals surface area contributed by atoms with Gasteiger partial charge in [0.05, 0.1) is 30.0 Å². The summed E-state index contributed by atoms with van der Waals surface area (Å²) < 4.78 is 12.6. The number of benzene rings is 1. The molecular formula is C23H28N5O2S+. The molecule has 0 bridgehead atoms. The van der Waals surface area contributed by atoms with Gasteiger partial charge in [0.15, 0.2) is 23.0 Å². The lowest BCUT2D eigenvalue weighted by atomic mass is 9.82. The van der Waals surface area contributed by atoms with Gasteiger partial charge in [-0.3, -0.25) is 0 Å². The van der Waals surface area contributed by atoms with Gasteiger partial charge in [0.1, 0.15) is 16.7 Å². The molecule has 1 aliphatic heterocycles. The molecule has 5 rings (SSSR count). The largest absolute Gasteiger partial charge is 0.493 e. The van der Waals surface area contributed by atoms with Crippen LogP contribution in [-0.4, -0.2) is 39.3 Å². The molecule has 31 heavy (non-hydrogen) atoms. The number of hydrogen-bond acceptors (Lipinski definition) is 6. The number of fused-ring (bicyclic) bond motifs is 5. The Labute approximate surface area is 185 Å². The first kappa shape index (κ1) is 20.2. The van der Waals surface area contributed by atoms with Crippen LogP contribution >= 0.6 is 11.3 Å². The fraction of sp³-hybridized carbons (Fsp3) is 0.435. The molecule has 0 saturated heterocycles. The van der Waals surface area contributed by atoms with E-state index in [1.165, 1.54) is 10.4 Å². The number of quaternary nitrogens is 1. The van der Waals surface area contributed by atoms with Crippen LogP contribution in [0.5, 0.6) is 11.5 Å². The van der Waals surface area contributed by atoms with Gasteiger partial charge < -0.3 is 14.8 Å². The Kier molecular flexibility index (Phi) is 4.50. The molecule has 162 valence electrons. The Balaban J connectivity index is 1.61. The second-order valence-corrected chi connectivity index (χ2v) is 10.5. The lowest BCUT2D eigenvalue weighted by Crippen LogP contribution is -3.03. The molecule has 0 amide bonds. The van der Waals surface area contributed by atoms with E-state index in [9.17, 15) is 0 Å². The zero-order valence-corrected chi connectivity index (χ0v) is 19.6. The molecular weight excluding hydrogens is 410 g/mol. The van der Waals surface area contributed by atoms with Gasteiger partial charge in [-0.15, -0.1) is 16.4 Å². The molecule has 3 aromatic heterocycles. The molecule has 0 radical (unpaired) electrons. The number of methoxy groups -OCH3 is 2. The van der Waals surface area contributed by atoms with E-state index in [2.05, 4.69) is 33.0 Å². The molecule has 2 N–H and O–H groups in total. The fourth-order valence-corrected chi connectivity index (χ4v) is 6.21. The minimum absolute atomic E-state index is 0.0158. The van der Waals surface area contributed by atoms with Crippen molar-refractivity contribution in [2.24, 2.45) is 0 Å². The predicted molar refractivity (Wildman–Crippen MR) is 121 cm³/mol. The fourth-order valence-electron chi connectivity index (χ4n) is 4.99. The van der Waals surface area contributed by atoms with Gasteiger partial charge in [0, 0.05) is 12.8 Å². The normalized spacial score (nSPS) is 17.1. The number of ether oxygens (including phenoxy) is 2. The lowest BCUT2D eigenvalue weighted by molar-refractivity contribution is -0.789. The Morgan fingerprint density at radius 1 is 1.13 bits per heavy atom. The third-order valence-corrected chi connectivity index (χ3v) is 7.43. The second-order valence-electron chi connectivity index (χ2n) is 9.53. The smallest absolute Gasteiger partial charge is 0.167 e. The summed E-state index contributed by atoms with van der Waals surface area (Å²) >= 11 is 1.79. The maximum atomic E-state index is 5.44. The maximum absolute atomic E-state index is 5.44. The van der Waals surface area contributed by atoms with Gasteiger partial charge in [0.25, 0.3) is 0 Å². The van der Waals surface area contributed by atoms with Crippen LogP contribution < -0.4 is 14.8 Å². The zero-order valence-electron chi connectivity index (χ0n) is 18.8. The van der Waals surface area contributed by atoms with E-state index in [0.717, 1.165) is 33.7 Å². The summed E-state index contributed by atoms with van der Waals surface area (Å²) in [4.78, 5) is 12.1. The molecule has 7 nitrogen and oxygen atoms in total. The second kappa shape index (κ2) is 6.90. The number of thiophene rings is 1. The van der Waals surface area contributed by atoms with Crippen LogP contribution in [0.3, 0.4) is 0 Å². The highest BCUT2D eigenvalue weighted by molar-refractivity contribution is 7.19. The van der Waals surface area contributed by atoms with E-state index in [1.54, 1.807) is 31.9 Å². The van der Waals surface area contributed by atoms with Crippen LogP contribution in [0.2, 0.25) is 0 Å². The molecule has 8 heteroatoms. The average Bonchev–Trinajstić information content (AvgIpc) is 3.27. The summed E-state index contributed by atoms with van der Waals surface area (Å²) in [7, 11) is 3.29. The monoisotopic (exact) mass is 438 g/mol. The van der Waals surface area contributed by atoms with Crippen molar-refractivity contribution in [2.45, 2.75) is 51.6 Å². The van der Waals surface area contributed by atoms with Crippen molar-refractivity contribution in [3.8, 4) is 11.5 Å². The summed E-state index contributed by atoms with van der Waals surface area (Å²) in [5.74, 6) is 2.19. The van der Waals surface area contributed by atoms with E-state index in [0.29, 0.717) is 17.9 Å². The van der Waals surface area contributed by atoms with Gasteiger partial charge in [-0.2, -0.15) is 0 Å². The Morgan fingerprint density at radius 3 is 2.65 bits per heavy atom. The standard InChI is InChI=1S/C23H27N5O2S/c1-22(2)11-14-18-20-25-17(10-13-7-8-15(29-5)16(9-13)30-6)26-28(20)12-24-21(18)31-19(14)23(3,4)27-22/h7-9,12,27H,10-11H2,1-6H3/p+1. The SMILES string of the molecule is COc1ccc(Cc2nc3c4c5c(sc4ncn3n2)C(C)(C)[NH2+]C(C)(C)C5)cc1OC. The predicted octanol–water partition coefficient (Wildman–Crippen LogP) is 3.08. The minimum atomic E-state index is 0.0158. The average molecular weight is 439 g/mol. The van der Waals surface area contributed by atoms with Crippen molar-refractivity contribution in [3.63, 3.8) is 0 Å². The van der Waals surface area contributed by atoms with Gasteiger partial charge in [-0.25, -0.2) is 14.5 Å². The van der Waals surface area contributed by atoms with Crippen molar-refractivity contribution in [1.29, 1.82) is 0 Å². The van der Waals surface area contributed by atoms with Crippen molar-refractivity contribution in [2.75, 3.05) is 14.2 Å². The van der Waals surface area contributed by atoms with E-state index < -0.39 is 0 Å². The van der Waals surface area contributed by atoms with Crippen molar-refractivity contribution >= 4 is 27.2 Å². The third kappa shape index (κ3) is 3.34. The summed E-state index contributed by atoms with van der Waals surface area (Å²) in [6.07, 6.45) is 3.39. The summed E-state index contributed by atoms with van der Waals surface area (Å²) in [6, 6.07) is 5.92. The molecule has 1 aliphatic rings. The summed E-state index contributed by atoms with van der Waals surface area (Å²) in [6.45, 7) is 9.21. The van der Waals surface area contributed by atoms with Crippen LogP contribution in [0, 0.1) is 0 Å². The van der Waals surface area contributed by atoms with Crippen molar-refractivity contribution in [1.82, 2.24) is 19.6 Å². The first-order valence-corrected chi connectivity index (χ1v) is 11.3. The van der Waals surface area contributed by atoms with E-state index in [-0.39, 0.29) is 11.1 Å². The van der Waals surface area contributed by atoms with Gasteiger partial charge in [-0.05, 0) is 51.0 Å². The van der Waals surface area contributed by atoms with Gasteiger partial charge >= 0.3 is 0 Å². The van der Waals surface area contributed by atoms with Crippen LogP contribution in [0.4, 0.5) is 0 Å². The van der Waals surface area contributed by atoms with Crippen LogP contribution in [0.15, 0.2) is 24.5 Å². The summed E-state index contributed by atoms with van der Waals surface area (Å²) in [5.41, 5.74) is 3.48. The highest BCUT2D eigenvalue weighted by atomic mass is 32.1. The minimum Gasteiger partial charge on any atom is -0.493 e. The van der Waals surface area contributed by atoms with E-state index in [1.807, 2.05) is 22.7 Å². The summed E-state index contributed by atoms with van der Waals surface area (Å²) in [5, 5.41) is 8.35. The molecule has 0 unspecified atom stereocenters. The van der Waals surface area contributed by atoms with Crippen LogP contribution in [-0.2, 0) is 18.4 Å². The Hall–Kier alpha value is -2.71. The zero-order chi connectivity index (χ0) is 22.0. The maximum Gasteiger partial charge on any atom is 0.167 e. The molecule has 0 aliphatic carbocycles. The number of nitrogens with zero attached hydrogens (tertiary/aromatic N) is 4. The molecule has 0 atom stereocenters. The van der Waals surface area contributed by atoms with E-state index >= 15 is 0 Å². The van der Waals surface area contributed by atoms with Crippen molar-refractivity contribution < 1.29 is 14.8 Å². The molecule has 4 heterocycles. The number of nitrogens with two attached hydrogens (primary N) is 1. The molecule has 0 saturated carbocycles. The highest BCUT2D eigenvalue weighted by Crippen LogP contribution is 2.41. The van der Waals surface area contributed by atoms with E-state index in [4.69, 9.17) is 24.5 Å². The van der Waals surface area contributed by atoms with Gasteiger partial charge in [0.2, 0.25) is 0 Å².